The Balaban J connectivity index is 2.04. The predicted molar refractivity (Wildman–Crippen MR) is 78.6 cm³/mol. The van der Waals surface area contributed by atoms with Crippen molar-refractivity contribution in [2.45, 2.75) is 13.3 Å². The van der Waals surface area contributed by atoms with E-state index in [2.05, 4.69) is 4.98 Å². The van der Waals surface area contributed by atoms with Gasteiger partial charge in [0.15, 0.2) is 0 Å². The molecule has 0 unspecified atom stereocenters. The molecule has 1 saturated heterocycles. The van der Waals surface area contributed by atoms with Gasteiger partial charge in [0, 0.05) is 38.1 Å². The molecule has 0 saturated carbocycles. The maximum Gasteiger partial charge on any atom is 0.317 e. The van der Waals surface area contributed by atoms with Gasteiger partial charge in [-0.05, 0) is 19.4 Å². The van der Waals surface area contributed by atoms with Crippen LogP contribution < -0.4 is 0 Å². The summed E-state index contributed by atoms with van der Waals surface area (Å²) in [6.45, 7) is 4.14. The molecular weight excluding hydrogens is 294 g/mol. The lowest BCUT2D eigenvalue weighted by atomic mass is 10.2. The molecule has 114 valence electrons. The van der Waals surface area contributed by atoms with Crippen LogP contribution in [-0.2, 0) is 4.79 Å². The molecule has 7 heteroatoms. The first-order valence-corrected chi connectivity index (χ1v) is 7.20. The summed E-state index contributed by atoms with van der Waals surface area (Å²) < 4.78 is 0. The van der Waals surface area contributed by atoms with Gasteiger partial charge in [0.2, 0.25) is 0 Å². The van der Waals surface area contributed by atoms with Crippen LogP contribution in [0.25, 0.3) is 0 Å². The van der Waals surface area contributed by atoms with Crippen LogP contribution in [0.1, 0.15) is 22.5 Å². The highest BCUT2D eigenvalue weighted by Crippen LogP contribution is 2.18. The standard InChI is InChI=1S/C14H18ClN3O3/c1-10-7-12(15)11(8-16-10)14(21)18-4-2-3-17(5-6-18)9-13(19)20/h7-8H,2-6,9H2,1H3,(H,19,20). The van der Waals surface area contributed by atoms with Crippen molar-refractivity contribution in [3.63, 3.8) is 0 Å². The number of carbonyl (C=O) groups is 2. The molecule has 0 aromatic carbocycles. The zero-order valence-corrected chi connectivity index (χ0v) is 12.6. The first-order chi connectivity index (χ1) is 9.97. The summed E-state index contributed by atoms with van der Waals surface area (Å²) in [5, 5.41) is 9.23. The average Bonchev–Trinajstić information content (AvgIpc) is 2.63. The summed E-state index contributed by atoms with van der Waals surface area (Å²) in [5.74, 6) is -0.995. The fourth-order valence-corrected chi connectivity index (χ4v) is 2.67. The summed E-state index contributed by atoms with van der Waals surface area (Å²) in [6, 6.07) is 1.67. The van der Waals surface area contributed by atoms with Crippen LogP contribution in [0.3, 0.4) is 0 Å². The molecule has 0 aliphatic carbocycles. The summed E-state index contributed by atoms with van der Waals surface area (Å²) >= 11 is 6.11. The van der Waals surface area contributed by atoms with Crippen molar-refractivity contribution in [2.75, 3.05) is 32.7 Å². The molecule has 6 nitrogen and oxygen atoms in total. The van der Waals surface area contributed by atoms with Crippen molar-refractivity contribution in [2.24, 2.45) is 0 Å². The second-order valence-electron chi connectivity index (χ2n) is 5.12. The van der Waals surface area contributed by atoms with Gasteiger partial charge in [0.05, 0.1) is 17.1 Å². The Labute approximate surface area is 128 Å². The fourth-order valence-electron chi connectivity index (χ4n) is 2.38. The predicted octanol–water partition coefficient (Wildman–Crippen LogP) is 1.28. The number of hydrogen-bond donors (Lipinski definition) is 1. The van der Waals surface area contributed by atoms with Gasteiger partial charge in [-0.25, -0.2) is 0 Å². The number of pyridine rings is 1. The Morgan fingerprint density at radius 2 is 2.10 bits per heavy atom. The highest BCUT2D eigenvalue weighted by Gasteiger charge is 2.23. The summed E-state index contributed by atoms with van der Waals surface area (Å²) in [7, 11) is 0. The van der Waals surface area contributed by atoms with Crippen molar-refractivity contribution in [1.82, 2.24) is 14.8 Å². The highest BCUT2D eigenvalue weighted by atomic mass is 35.5. The number of amides is 1. The number of rotatable bonds is 3. The number of carboxylic acid groups (broad SMARTS) is 1. The maximum absolute atomic E-state index is 12.5. The van der Waals surface area contributed by atoms with Crippen molar-refractivity contribution < 1.29 is 14.7 Å². The van der Waals surface area contributed by atoms with E-state index in [1.54, 1.807) is 11.0 Å². The van der Waals surface area contributed by atoms with Gasteiger partial charge in [-0.2, -0.15) is 0 Å². The maximum atomic E-state index is 12.5. The minimum atomic E-state index is -0.847. The number of carbonyl (C=O) groups excluding carboxylic acids is 1. The van der Waals surface area contributed by atoms with E-state index in [1.807, 2.05) is 11.8 Å². The molecule has 2 rings (SSSR count). The molecule has 0 spiro atoms. The second kappa shape index (κ2) is 6.87. The molecule has 0 atom stereocenters. The van der Waals surface area contributed by atoms with E-state index in [0.29, 0.717) is 36.8 Å². The average molecular weight is 312 g/mol. The number of nitrogens with zero attached hydrogens (tertiary/aromatic N) is 3. The topological polar surface area (TPSA) is 73.7 Å². The van der Waals surface area contributed by atoms with E-state index in [9.17, 15) is 9.59 Å². The van der Waals surface area contributed by atoms with Crippen LogP contribution >= 0.6 is 11.6 Å². The molecular formula is C14H18ClN3O3. The SMILES string of the molecule is Cc1cc(Cl)c(C(=O)N2CCCN(CC(=O)O)CC2)cn1. The lowest BCUT2D eigenvalue weighted by molar-refractivity contribution is -0.138. The minimum absolute atomic E-state index is 0.00880. The number of hydrogen-bond acceptors (Lipinski definition) is 4. The smallest absolute Gasteiger partial charge is 0.317 e. The van der Waals surface area contributed by atoms with Gasteiger partial charge in [0.1, 0.15) is 0 Å². The van der Waals surface area contributed by atoms with Crippen molar-refractivity contribution in [3.05, 3.63) is 28.5 Å². The fraction of sp³-hybridized carbons (Fsp3) is 0.500. The lowest BCUT2D eigenvalue weighted by Crippen LogP contribution is -2.36. The Bertz CT molecular complexity index is 550. The largest absolute Gasteiger partial charge is 0.480 e. The van der Waals surface area contributed by atoms with Gasteiger partial charge in [-0.1, -0.05) is 11.6 Å². The normalized spacial score (nSPS) is 16.6. The number of carboxylic acids is 1. The Morgan fingerprint density at radius 1 is 1.33 bits per heavy atom. The first kappa shape index (κ1) is 15.7. The Hall–Kier alpha value is -1.66. The quantitative estimate of drug-likeness (QED) is 0.910. The third kappa shape index (κ3) is 4.15. The van der Waals surface area contributed by atoms with Gasteiger partial charge in [-0.15, -0.1) is 0 Å². The summed E-state index contributed by atoms with van der Waals surface area (Å²) in [5.41, 5.74) is 1.16. The van der Waals surface area contributed by atoms with E-state index in [0.717, 1.165) is 12.1 Å². The number of halogens is 1. The van der Waals surface area contributed by atoms with Crippen LogP contribution in [-0.4, -0.2) is 64.5 Å². The van der Waals surface area contributed by atoms with Gasteiger partial charge >= 0.3 is 5.97 Å². The van der Waals surface area contributed by atoms with Crippen LogP contribution in [0.4, 0.5) is 0 Å². The highest BCUT2D eigenvalue weighted by molar-refractivity contribution is 6.33. The van der Waals surface area contributed by atoms with E-state index >= 15 is 0 Å². The molecule has 2 heterocycles. The lowest BCUT2D eigenvalue weighted by Gasteiger charge is -2.21. The van der Waals surface area contributed by atoms with Crippen molar-refractivity contribution in [1.29, 1.82) is 0 Å². The number of aliphatic carboxylic acids is 1. The van der Waals surface area contributed by atoms with E-state index < -0.39 is 5.97 Å². The van der Waals surface area contributed by atoms with Crippen LogP contribution in [0.2, 0.25) is 5.02 Å². The Kier molecular flexibility index (Phi) is 5.14. The molecule has 1 aromatic rings. The number of aryl methyl sites for hydroxylation is 1. The summed E-state index contributed by atoms with van der Waals surface area (Å²) in [6.07, 6.45) is 2.25. The van der Waals surface area contributed by atoms with Gasteiger partial charge in [0.25, 0.3) is 5.91 Å². The molecule has 21 heavy (non-hydrogen) atoms. The second-order valence-corrected chi connectivity index (χ2v) is 5.53. The minimum Gasteiger partial charge on any atom is -0.480 e. The summed E-state index contributed by atoms with van der Waals surface area (Å²) in [4.78, 5) is 30.9. The molecule has 1 N–H and O–H groups in total. The molecule has 1 aromatic heterocycles. The van der Waals surface area contributed by atoms with Gasteiger partial charge in [-0.3, -0.25) is 19.5 Å². The van der Waals surface area contributed by atoms with Gasteiger partial charge < -0.3 is 10.0 Å². The van der Waals surface area contributed by atoms with Crippen molar-refractivity contribution >= 4 is 23.5 Å². The van der Waals surface area contributed by atoms with E-state index in [4.69, 9.17) is 16.7 Å². The molecule has 1 amide bonds. The molecule has 0 radical (unpaired) electrons. The van der Waals surface area contributed by atoms with Crippen LogP contribution in [0.15, 0.2) is 12.3 Å². The van der Waals surface area contributed by atoms with E-state index in [1.165, 1.54) is 6.20 Å². The molecule has 1 fully saturated rings. The Morgan fingerprint density at radius 3 is 2.76 bits per heavy atom. The number of aromatic nitrogens is 1. The third-order valence-corrected chi connectivity index (χ3v) is 3.77. The molecule has 1 aliphatic rings. The monoisotopic (exact) mass is 311 g/mol. The van der Waals surface area contributed by atoms with Crippen LogP contribution in [0, 0.1) is 6.92 Å². The van der Waals surface area contributed by atoms with E-state index in [-0.39, 0.29) is 12.5 Å². The molecule has 0 bridgehead atoms. The van der Waals surface area contributed by atoms with Crippen molar-refractivity contribution in [3.8, 4) is 0 Å². The zero-order valence-electron chi connectivity index (χ0n) is 11.9. The third-order valence-electron chi connectivity index (χ3n) is 3.46. The van der Waals surface area contributed by atoms with Crippen LogP contribution in [0.5, 0.6) is 0 Å². The first-order valence-electron chi connectivity index (χ1n) is 6.83. The molecule has 1 aliphatic heterocycles. The zero-order chi connectivity index (χ0) is 15.4.